The van der Waals surface area contributed by atoms with E-state index in [0.717, 1.165) is 18.6 Å². The normalized spacial score (nSPS) is 16.9. The second-order valence-electron chi connectivity index (χ2n) is 2.82. The smallest absolute Gasteiger partial charge is 0.274 e. The van der Waals surface area contributed by atoms with E-state index in [2.05, 4.69) is 10.5 Å². The summed E-state index contributed by atoms with van der Waals surface area (Å²) in [5.41, 5.74) is 5.32. The van der Waals surface area contributed by atoms with Gasteiger partial charge in [0.1, 0.15) is 0 Å². The van der Waals surface area contributed by atoms with Gasteiger partial charge in [-0.1, -0.05) is 6.42 Å². The minimum absolute atomic E-state index is 0.465. The van der Waals surface area contributed by atoms with E-state index < -0.39 is 6.03 Å². The number of urea groups is 1. The molecule has 5 nitrogen and oxygen atoms in total. The quantitative estimate of drug-likeness (QED) is 0.304. The van der Waals surface area contributed by atoms with E-state index in [4.69, 9.17) is 5.84 Å². The van der Waals surface area contributed by atoms with Gasteiger partial charge in [-0.25, -0.2) is 16.1 Å². The van der Waals surface area contributed by atoms with Gasteiger partial charge in [-0.2, -0.15) is 5.10 Å². The van der Waals surface area contributed by atoms with Gasteiger partial charge >= 0.3 is 6.03 Å². The maximum atomic E-state index is 10.6. The third kappa shape index (κ3) is 2.87. The predicted octanol–water partition coefficient (Wildman–Crippen LogP) is 0.479. The topological polar surface area (TPSA) is 79.5 Å². The summed E-state index contributed by atoms with van der Waals surface area (Å²) in [4.78, 5) is 10.6. The Hall–Kier alpha value is -1.10. The van der Waals surface area contributed by atoms with Crippen LogP contribution in [0.4, 0.5) is 4.79 Å². The Kier molecular flexibility index (Phi) is 3.53. The molecule has 0 aromatic rings. The Morgan fingerprint density at radius 2 is 2.00 bits per heavy atom. The molecule has 0 aliphatic heterocycles. The van der Waals surface area contributed by atoms with Crippen LogP contribution in [-0.2, 0) is 0 Å². The Morgan fingerprint density at radius 1 is 1.33 bits per heavy atom. The van der Waals surface area contributed by atoms with Gasteiger partial charge in [-0.3, -0.25) is 5.43 Å². The Balaban J connectivity index is 2.29. The summed E-state index contributed by atoms with van der Waals surface area (Å²) in [5.74, 6) is 4.86. The van der Waals surface area contributed by atoms with Crippen molar-refractivity contribution in [2.75, 3.05) is 0 Å². The molecule has 0 heterocycles. The number of rotatable bonds is 1. The number of hydrogen-bond acceptors (Lipinski definition) is 3. The number of nitrogens with one attached hydrogen (secondary N) is 2. The SMILES string of the molecule is NNC(=O)NN=C1CCCCC1. The maximum Gasteiger partial charge on any atom is 0.349 e. The molecule has 0 bridgehead atoms. The van der Waals surface area contributed by atoms with E-state index in [1.807, 2.05) is 5.43 Å². The number of nitrogens with two attached hydrogens (primary N) is 1. The van der Waals surface area contributed by atoms with Crippen LogP contribution in [0.5, 0.6) is 0 Å². The number of carbonyl (C=O) groups excluding carboxylic acids is 1. The zero-order valence-electron chi connectivity index (χ0n) is 6.97. The molecule has 1 saturated carbocycles. The average Bonchev–Trinajstić information content (AvgIpc) is 2.16. The number of nitrogens with zero attached hydrogens (tertiary/aromatic N) is 1. The van der Waals surface area contributed by atoms with Gasteiger partial charge in [0.2, 0.25) is 0 Å². The molecule has 1 rings (SSSR count). The molecular weight excluding hydrogens is 156 g/mol. The van der Waals surface area contributed by atoms with Crippen molar-refractivity contribution in [1.82, 2.24) is 10.9 Å². The summed E-state index contributed by atoms with van der Waals surface area (Å²) in [6.45, 7) is 0. The van der Waals surface area contributed by atoms with Gasteiger partial charge in [0.15, 0.2) is 0 Å². The summed E-state index contributed by atoms with van der Waals surface area (Å²) in [6, 6.07) is -0.465. The number of carbonyl (C=O) groups is 1. The standard InChI is InChI=1S/C7H14N4O/c8-9-7(12)11-10-6-4-2-1-3-5-6/h1-5,8H2,(H2,9,11,12). The highest BCUT2D eigenvalue weighted by atomic mass is 16.2. The molecule has 0 unspecified atom stereocenters. The lowest BCUT2D eigenvalue weighted by molar-refractivity contribution is 0.241. The fraction of sp³-hybridized carbons (Fsp3) is 0.714. The minimum atomic E-state index is -0.465. The molecule has 12 heavy (non-hydrogen) atoms. The molecule has 0 atom stereocenters. The molecule has 0 radical (unpaired) electrons. The van der Waals surface area contributed by atoms with Crippen LogP contribution < -0.4 is 16.7 Å². The lowest BCUT2D eigenvalue weighted by Gasteiger charge is -2.11. The lowest BCUT2D eigenvalue weighted by Crippen LogP contribution is -2.37. The molecule has 68 valence electrons. The Morgan fingerprint density at radius 3 is 2.58 bits per heavy atom. The number of hydrazone groups is 1. The van der Waals surface area contributed by atoms with Crippen molar-refractivity contribution in [3.05, 3.63) is 0 Å². The number of hydrazine groups is 1. The zero-order chi connectivity index (χ0) is 8.81. The first kappa shape index (κ1) is 8.99. The van der Waals surface area contributed by atoms with Gasteiger partial charge in [-0.15, -0.1) is 0 Å². The Bertz CT molecular complexity index is 182. The first-order valence-electron chi connectivity index (χ1n) is 4.15. The molecule has 1 fully saturated rings. The molecule has 0 aromatic heterocycles. The molecule has 1 aliphatic carbocycles. The van der Waals surface area contributed by atoms with E-state index in [9.17, 15) is 4.79 Å². The maximum absolute atomic E-state index is 10.6. The van der Waals surface area contributed by atoms with Crippen molar-refractivity contribution < 1.29 is 4.79 Å². The van der Waals surface area contributed by atoms with Crippen LogP contribution in [0.2, 0.25) is 0 Å². The van der Waals surface area contributed by atoms with Crippen LogP contribution in [-0.4, -0.2) is 11.7 Å². The van der Waals surface area contributed by atoms with Crippen molar-refractivity contribution in [1.29, 1.82) is 0 Å². The zero-order valence-corrected chi connectivity index (χ0v) is 6.97. The van der Waals surface area contributed by atoms with Crippen LogP contribution in [0.25, 0.3) is 0 Å². The second kappa shape index (κ2) is 4.71. The van der Waals surface area contributed by atoms with Crippen molar-refractivity contribution in [2.24, 2.45) is 10.9 Å². The predicted molar refractivity (Wildman–Crippen MR) is 46.4 cm³/mol. The van der Waals surface area contributed by atoms with Gasteiger partial charge < -0.3 is 0 Å². The fourth-order valence-electron chi connectivity index (χ4n) is 1.23. The van der Waals surface area contributed by atoms with Crippen LogP contribution in [0, 0.1) is 0 Å². The van der Waals surface area contributed by atoms with Gasteiger partial charge in [0.25, 0.3) is 0 Å². The molecule has 0 aromatic carbocycles. The van der Waals surface area contributed by atoms with E-state index in [1.54, 1.807) is 0 Å². The van der Waals surface area contributed by atoms with Crippen LogP contribution in [0.15, 0.2) is 5.10 Å². The van der Waals surface area contributed by atoms with E-state index in [-0.39, 0.29) is 0 Å². The van der Waals surface area contributed by atoms with Crippen molar-refractivity contribution in [3.8, 4) is 0 Å². The Labute approximate surface area is 71.4 Å². The monoisotopic (exact) mass is 170 g/mol. The third-order valence-electron chi connectivity index (χ3n) is 1.88. The van der Waals surface area contributed by atoms with Crippen molar-refractivity contribution >= 4 is 11.7 Å². The highest BCUT2D eigenvalue weighted by Gasteiger charge is 2.06. The molecule has 0 saturated heterocycles. The first-order valence-corrected chi connectivity index (χ1v) is 4.15. The largest absolute Gasteiger partial charge is 0.349 e. The van der Waals surface area contributed by atoms with Crippen LogP contribution in [0.1, 0.15) is 32.1 Å². The summed E-state index contributed by atoms with van der Waals surface area (Å²) in [7, 11) is 0. The summed E-state index contributed by atoms with van der Waals surface area (Å²) in [5, 5.41) is 3.93. The van der Waals surface area contributed by atoms with E-state index >= 15 is 0 Å². The van der Waals surface area contributed by atoms with Gasteiger partial charge in [0, 0.05) is 5.71 Å². The molecule has 1 aliphatic rings. The highest BCUT2D eigenvalue weighted by molar-refractivity contribution is 5.86. The van der Waals surface area contributed by atoms with E-state index in [1.165, 1.54) is 19.3 Å². The third-order valence-corrected chi connectivity index (χ3v) is 1.88. The number of amides is 2. The first-order chi connectivity index (χ1) is 5.83. The van der Waals surface area contributed by atoms with Gasteiger partial charge in [-0.05, 0) is 25.7 Å². The average molecular weight is 170 g/mol. The fourth-order valence-corrected chi connectivity index (χ4v) is 1.23. The van der Waals surface area contributed by atoms with Crippen molar-refractivity contribution in [3.63, 3.8) is 0 Å². The lowest BCUT2D eigenvalue weighted by atomic mass is 9.99. The summed E-state index contributed by atoms with van der Waals surface area (Å²) in [6.07, 6.45) is 5.59. The van der Waals surface area contributed by atoms with Crippen LogP contribution in [0.3, 0.4) is 0 Å². The summed E-state index contributed by atoms with van der Waals surface area (Å²) >= 11 is 0. The molecule has 5 heteroatoms. The highest BCUT2D eigenvalue weighted by Crippen LogP contribution is 2.13. The van der Waals surface area contributed by atoms with Crippen molar-refractivity contribution in [2.45, 2.75) is 32.1 Å². The molecule has 2 amide bonds. The number of hydrogen-bond donors (Lipinski definition) is 3. The molecule has 4 N–H and O–H groups in total. The summed E-state index contributed by atoms with van der Waals surface area (Å²) < 4.78 is 0. The molecule has 0 spiro atoms. The van der Waals surface area contributed by atoms with Gasteiger partial charge in [0.05, 0.1) is 0 Å². The second-order valence-corrected chi connectivity index (χ2v) is 2.82. The van der Waals surface area contributed by atoms with Crippen LogP contribution >= 0.6 is 0 Å². The molecular formula is C7H14N4O. The minimum Gasteiger partial charge on any atom is -0.274 e. The van der Waals surface area contributed by atoms with E-state index in [0.29, 0.717) is 0 Å².